The van der Waals surface area contributed by atoms with Crippen LogP contribution in [0.3, 0.4) is 0 Å². The number of hydrogen-bond acceptors (Lipinski definition) is 8. The van der Waals surface area contributed by atoms with Crippen molar-refractivity contribution in [1.29, 1.82) is 0 Å². The van der Waals surface area contributed by atoms with E-state index in [1.165, 1.54) is 32.4 Å². The number of carbonyl (C=O) groups excluding carboxylic acids is 1. The van der Waals surface area contributed by atoms with Crippen LogP contribution in [0.5, 0.6) is 5.75 Å². The Morgan fingerprint density at radius 1 is 1.12 bits per heavy atom. The van der Waals surface area contributed by atoms with Gasteiger partial charge in [0.15, 0.2) is 0 Å². The van der Waals surface area contributed by atoms with Gasteiger partial charge in [0.25, 0.3) is 15.7 Å². The zero-order chi connectivity index (χ0) is 24.7. The number of methoxy groups -OCH3 is 1. The number of carbonyl (C=O) groups is 1. The second kappa shape index (κ2) is 10.6. The first-order valence-electron chi connectivity index (χ1n) is 9.90. The van der Waals surface area contributed by atoms with Crippen molar-refractivity contribution in [2.45, 2.75) is 18.4 Å². The van der Waals surface area contributed by atoms with Gasteiger partial charge in [-0.15, -0.1) is 0 Å². The van der Waals surface area contributed by atoms with E-state index in [-0.39, 0.29) is 17.2 Å². The highest BCUT2D eigenvalue weighted by Crippen LogP contribution is 2.22. The van der Waals surface area contributed by atoms with Crippen molar-refractivity contribution in [1.82, 2.24) is 4.83 Å². The molecule has 0 bridgehead atoms. The standard InChI is InChI=1S/C23H21N3O7S/c1-16-7-12-20(13-21(16)26(28)29)34(30,31)25-24-14-19-5-3-4-6-22(19)33-15-17-8-10-18(11-9-17)23(27)32-2/h3-14,25H,15H2,1-2H3. The Hall–Kier alpha value is -4.25. The minimum absolute atomic E-state index is 0.199. The lowest BCUT2D eigenvalue weighted by molar-refractivity contribution is -0.385. The summed E-state index contributed by atoms with van der Waals surface area (Å²) in [6.45, 7) is 1.72. The van der Waals surface area contributed by atoms with Crippen molar-refractivity contribution in [3.05, 3.63) is 99.1 Å². The first-order chi connectivity index (χ1) is 16.2. The molecule has 10 nitrogen and oxygen atoms in total. The Balaban J connectivity index is 1.70. The minimum Gasteiger partial charge on any atom is -0.488 e. The number of hydrazone groups is 1. The molecule has 0 aliphatic rings. The Labute approximate surface area is 196 Å². The molecular weight excluding hydrogens is 462 g/mol. The quantitative estimate of drug-likeness (QED) is 0.212. The van der Waals surface area contributed by atoms with E-state index in [0.717, 1.165) is 11.6 Å². The van der Waals surface area contributed by atoms with Gasteiger partial charge in [-0.1, -0.05) is 30.3 Å². The SMILES string of the molecule is COC(=O)c1ccc(COc2ccccc2C=NNS(=O)(=O)c2ccc(C)c([N+](=O)[O-])c2)cc1. The number of ether oxygens (including phenoxy) is 2. The summed E-state index contributed by atoms with van der Waals surface area (Å²) in [4.78, 5) is 23.7. The summed E-state index contributed by atoms with van der Waals surface area (Å²) in [5, 5.41) is 14.9. The maximum absolute atomic E-state index is 12.5. The lowest BCUT2D eigenvalue weighted by atomic mass is 10.1. The molecule has 0 amide bonds. The van der Waals surface area contributed by atoms with E-state index in [1.807, 2.05) is 0 Å². The summed E-state index contributed by atoms with van der Waals surface area (Å²) >= 11 is 0. The van der Waals surface area contributed by atoms with Crippen LogP contribution in [0.15, 0.2) is 76.7 Å². The van der Waals surface area contributed by atoms with Crippen LogP contribution in [0.25, 0.3) is 0 Å². The average molecular weight is 484 g/mol. The molecule has 3 aromatic carbocycles. The minimum atomic E-state index is -4.12. The molecule has 1 N–H and O–H groups in total. The van der Waals surface area contributed by atoms with Crippen molar-refractivity contribution >= 4 is 27.9 Å². The van der Waals surface area contributed by atoms with Crippen LogP contribution in [0, 0.1) is 17.0 Å². The van der Waals surface area contributed by atoms with Crippen LogP contribution in [-0.4, -0.2) is 32.6 Å². The molecule has 11 heteroatoms. The summed E-state index contributed by atoms with van der Waals surface area (Å²) < 4.78 is 35.5. The Bertz CT molecular complexity index is 1340. The molecule has 0 fully saturated rings. The lowest BCUT2D eigenvalue weighted by Crippen LogP contribution is -2.18. The molecule has 0 saturated carbocycles. The van der Waals surface area contributed by atoms with Gasteiger partial charge < -0.3 is 9.47 Å². The zero-order valence-electron chi connectivity index (χ0n) is 18.3. The number of nitrogens with one attached hydrogen (secondary N) is 1. The average Bonchev–Trinajstić information content (AvgIpc) is 2.83. The number of nitrogens with zero attached hydrogens (tertiary/aromatic N) is 2. The van der Waals surface area contributed by atoms with E-state index in [0.29, 0.717) is 22.4 Å². The zero-order valence-corrected chi connectivity index (χ0v) is 19.1. The second-order valence-corrected chi connectivity index (χ2v) is 8.73. The molecule has 34 heavy (non-hydrogen) atoms. The highest BCUT2D eigenvalue weighted by molar-refractivity contribution is 7.89. The van der Waals surface area contributed by atoms with Gasteiger partial charge >= 0.3 is 5.97 Å². The third kappa shape index (κ3) is 5.95. The number of esters is 1. The first kappa shape index (κ1) is 24.4. The Kier molecular flexibility index (Phi) is 7.59. The number of benzene rings is 3. The normalized spacial score (nSPS) is 11.2. The molecule has 3 rings (SSSR count). The van der Waals surface area contributed by atoms with Crippen molar-refractivity contribution in [3.8, 4) is 5.75 Å². The van der Waals surface area contributed by atoms with Crippen LogP contribution in [0.1, 0.15) is 27.0 Å². The van der Waals surface area contributed by atoms with E-state index in [9.17, 15) is 23.3 Å². The molecule has 0 atom stereocenters. The van der Waals surface area contributed by atoms with E-state index < -0.39 is 20.9 Å². The Morgan fingerprint density at radius 3 is 2.50 bits per heavy atom. The summed E-state index contributed by atoms with van der Waals surface area (Å²) in [5.74, 6) is 0.0187. The van der Waals surface area contributed by atoms with Crippen molar-refractivity contribution in [3.63, 3.8) is 0 Å². The van der Waals surface area contributed by atoms with Crippen molar-refractivity contribution < 1.29 is 27.6 Å². The summed E-state index contributed by atoms with van der Waals surface area (Å²) in [5.41, 5.74) is 1.78. The third-order valence-electron chi connectivity index (χ3n) is 4.75. The van der Waals surface area contributed by atoms with Gasteiger partial charge in [-0.3, -0.25) is 10.1 Å². The van der Waals surface area contributed by atoms with E-state index >= 15 is 0 Å². The van der Waals surface area contributed by atoms with Gasteiger partial charge in [0, 0.05) is 17.2 Å². The fraction of sp³-hybridized carbons (Fsp3) is 0.130. The molecular formula is C23H21N3O7S. The van der Waals surface area contributed by atoms with Crippen LogP contribution in [0.2, 0.25) is 0 Å². The molecule has 0 aliphatic carbocycles. The summed E-state index contributed by atoms with van der Waals surface area (Å²) in [7, 11) is -2.81. The molecule has 176 valence electrons. The number of hydrogen-bond donors (Lipinski definition) is 1. The molecule has 3 aromatic rings. The predicted octanol–water partition coefficient (Wildman–Crippen LogP) is 3.58. The van der Waals surface area contributed by atoms with Crippen LogP contribution in [0.4, 0.5) is 5.69 Å². The van der Waals surface area contributed by atoms with Gasteiger partial charge in [0.05, 0.1) is 28.7 Å². The fourth-order valence-corrected chi connectivity index (χ4v) is 3.72. The predicted molar refractivity (Wildman–Crippen MR) is 124 cm³/mol. The van der Waals surface area contributed by atoms with Gasteiger partial charge in [0.1, 0.15) is 12.4 Å². The van der Waals surface area contributed by atoms with Crippen LogP contribution >= 0.6 is 0 Å². The van der Waals surface area contributed by atoms with Crippen LogP contribution < -0.4 is 9.57 Å². The van der Waals surface area contributed by atoms with Crippen molar-refractivity contribution in [2.75, 3.05) is 7.11 Å². The topological polar surface area (TPSA) is 137 Å². The molecule has 0 saturated heterocycles. The Morgan fingerprint density at radius 2 is 1.82 bits per heavy atom. The maximum Gasteiger partial charge on any atom is 0.337 e. The fourth-order valence-electron chi connectivity index (χ4n) is 2.91. The largest absolute Gasteiger partial charge is 0.488 e. The lowest BCUT2D eigenvalue weighted by Gasteiger charge is -2.10. The first-order valence-corrected chi connectivity index (χ1v) is 11.4. The molecule has 0 unspecified atom stereocenters. The van der Waals surface area contributed by atoms with Gasteiger partial charge in [-0.2, -0.15) is 13.5 Å². The van der Waals surface area contributed by atoms with Gasteiger partial charge in [0.2, 0.25) is 0 Å². The summed E-state index contributed by atoms with van der Waals surface area (Å²) in [6, 6.07) is 17.2. The van der Waals surface area contributed by atoms with E-state index in [1.54, 1.807) is 48.5 Å². The highest BCUT2D eigenvalue weighted by atomic mass is 32.2. The number of para-hydroxylation sites is 1. The van der Waals surface area contributed by atoms with Gasteiger partial charge in [-0.25, -0.2) is 9.63 Å². The number of nitro groups is 1. The number of aryl methyl sites for hydroxylation is 1. The van der Waals surface area contributed by atoms with Crippen molar-refractivity contribution in [2.24, 2.45) is 5.10 Å². The molecule has 0 aromatic heterocycles. The third-order valence-corrected chi connectivity index (χ3v) is 5.97. The molecule has 0 aliphatic heterocycles. The monoisotopic (exact) mass is 483 g/mol. The molecule has 0 spiro atoms. The van der Waals surface area contributed by atoms with E-state index in [2.05, 4.69) is 14.7 Å². The van der Waals surface area contributed by atoms with Gasteiger partial charge in [-0.05, 0) is 42.8 Å². The number of sulfonamides is 1. The molecule has 0 heterocycles. The number of nitro benzene ring substituents is 1. The second-order valence-electron chi connectivity index (χ2n) is 7.07. The molecule has 0 radical (unpaired) electrons. The summed E-state index contributed by atoms with van der Waals surface area (Å²) in [6.07, 6.45) is 1.27. The highest BCUT2D eigenvalue weighted by Gasteiger charge is 2.19. The maximum atomic E-state index is 12.5. The van der Waals surface area contributed by atoms with Crippen LogP contribution in [-0.2, 0) is 21.4 Å². The smallest absolute Gasteiger partial charge is 0.337 e. The van der Waals surface area contributed by atoms with E-state index in [4.69, 9.17) is 4.74 Å². The number of rotatable bonds is 9.